The van der Waals surface area contributed by atoms with E-state index in [1.54, 1.807) is 17.0 Å². The van der Waals surface area contributed by atoms with E-state index in [9.17, 15) is 18.0 Å². The second kappa shape index (κ2) is 9.79. The number of nitrogens with zero attached hydrogens (tertiary/aromatic N) is 3. The Bertz CT molecular complexity index is 1110. The number of ketones is 1. The van der Waals surface area contributed by atoms with Crippen molar-refractivity contribution in [2.45, 2.75) is 38.0 Å². The molecular formula is C24H32N4O4S. The molecule has 4 rings (SSSR count). The van der Waals surface area contributed by atoms with E-state index < -0.39 is 10.0 Å². The molecule has 0 radical (unpaired) electrons. The molecule has 9 heteroatoms. The quantitative estimate of drug-likeness (QED) is 0.652. The first kappa shape index (κ1) is 23.7. The zero-order valence-corrected chi connectivity index (χ0v) is 20.2. The van der Waals surface area contributed by atoms with Crippen molar-refractivity contribution in [3.05, 3.63) is 52.8 Å². The largest absolute Gasteiger partial charge is 0.362 e. The summed E-state index contributed by atoms with van der Waals surface area (Å²) in [6.45, 7) is 7.60. The molecular weight excluding hydrogens is 440 g/mol. The lowest BCUT2D eigenvalue weighted by molar-refractivity contribution is 0.0624. The molecule has 1 N–H and O–H groups in total. The van der Waals surface area contributed by atoms with Crippen molar-refractivity contribution >= 4 is 21.7 Å². The smallest absolute Gasteiger partial charge is 0.253 e. The lowest BCUT2D eigenvalue weighted by Crippen LogP contribution is -2.49. The zero-order chi connectivity index (χ0) is 23.6. The summed E-state index contributed by atoms with van der Waals surface area (Å²) >= 11 is 0. The highest BCUT2D eigenvalue weighted by Crippen LogP contribution is 2.21. The van der Waals surface area contributed by atoms with Gasteiger partial charge in [-0.3, -0.25) is 14.5 Å². The van der Waals surface area contributed by atoms with Crippen LogP contribution in [-0.2, 0) is 10.0 Å². The summed E-state index contributed by atoms with van der Waals surface area (Å²) in [7, 11) is -3.51. The summed E-state index contributed by atoms with van der Waals surface area (Å²) in [5.41, 5.74) is 3.07. The Hall–Kier alpha value is -2.49. The maximum Gasteiger partial charge on any atom is 0.253 e. The van der Waals surface area contributed by atoms with Crippen LogP contribution in [0.4, 0.5) is 0 Å². The van der Waals surface area contributed by atoms with Crippen LogP contribution in [-0.4, -0.2) is 85.0 Å². The van der Waals surface area contributed by atoms with Crippen molar-refractivity contribution in [2.75, 3.05) is 45.8 Å². The number of carbonyl (C=O) groups is 2. The second-order valence-electron chi connectivity index (χ2n) is 8.97. The van der Waals surface area contributed by atoms with Gasteiger partial charge in [0.25, 0.3) is 5.91 Å². The summed E-state index contributed by atoms with van der Waals surface area (Å²) in [6, 6.07) is 8.16. The molecule has 1 aromatic carbocycles. The molecule has 1 amide bonds. The van der Waals surface area contributed by atoms with Gasteiger partial charge in [0.05, 0.1) is 11.4 Å². The van der Waals surface area contributed by atoms with Crippen LogP contribution in [0.15, 0.2) is 35.2 Å². The molecule has 0 bridgehead atoms. The second-order valence-corrected chi connectivity index (χ2v) is 10.9. The molecule has 8 nitrogen and oxygen atoms in total. The van der Waals surface area contributed by atoms with Crippen molar-refractivity contribution in [3.63, 3.8) is 0 Å². The van der Waals surface area contributed by atoms with E-state index in [2.05, 4.69) is 9.88 Å². The fourth-order valence-electron chi connectivity index (χ4n) is 4.62. The minimum atomic E-state index is -3.51. The number of H-pyrrole nitrogens is 1. The number of hydrogen-bond donors (Lipinski definition) is 1. The van der Waals surface area contributed by atoms with Crippen LogP contribution in [0.25, 0.3) is 0 Å². The molecule has 0 spiro atoms. The highest BCUT2D eigenvalue weighted by Gasteiger charge is 2.27. The molecule has 0 saturated carbocycles. The van der Waals surface area contributed by atoms with E-state index in [0.29, 0.717) is 51.4 Å². The Morgan fingerprint density at radius 1 is 0.909 bits per heavy atom. The first-order valence-electron chi connectivity index (χ1n) is 11.6. The molecule has 2 aromatic rings. The Labute approximate surface area is 195 Å². The van der Waals surface area contributed by atoms with Gasteiger partial charge >= 0.3 is 0 Å². The monoisotopic (exact) mass is 472 g/mol. The van der Waals surface area contributed by atoms with Gasteiger partial charge in [0.1, 0.15) is 0 Å². The number of rotatable bonds is 6. The van der Waals surface area contributed by atoms with E-state index in [-0.39, 0.29) is 16.6 Å². The van der Waals surface area contributed by atoms with Gasteiger partial charge in [-0.05, 0) is 57.0 Å². The van der Waals surface area contributed by atoms with Crippen LogP contribution in [0.2, 0.25) is 0 Å². The van der Waals surface area contributed by atoms with Crippen LogP contribution in [0.3, 0.4) is 0 Å². The lowest BCUT2D eigenvalue weighted by atomic mass is 10.1. The number of piperidine rings is 1. The molecule has 3 heterocycles. The number of piperazine rings is 1. The van der Waals surface area contributed by atoms with E-state index in [1.165, 1.54) is 16.4 Å². The third-order valence-electron chi connectivity index (χ3n) is 6.53. The molecule has 178 valence electrons. The highest BCUT2D eigenvalue weighted by molar-refractivity contribution is 7.89. The van der Waals surface area contributed by atoms with Crippen LogP contribution < -0.4 is 0 Å². The normalized spacial score (nSPS) is 18.4. The first-order chi connectivity index (χ1) is 15.8. The Morgan fingerprint density at radius 2 is 1.55 bits per heavy atom. The zero-order valence-electron chi connectivity index (χ0n) is 19.3. The summed E-state index contributed by atoms with van der Waals surface area (Å²) in [5, 5.41) is 0. The Balaban J connectivity index is 1.33. The van der Waals surface area contributed by atoms with Crippen molar-refractivity contribution in [3.8, 4) is 0 Å². The topological polar surface area (TPSA) is 93.8 Å². The summed E-state index contributed by atoms with van der Waals surface area (Å²) in [6.07, 6.45) is 2.84. The number of aromatic nitrogens is 1. The van der Waals surface area contributed by atoms with E-state index in [4.69, 9.17) is 0 Å². The highest BCUT2D eigenvalue weighted by atomic mass is 32.2. The number of Topliss-reactive ketones (excluding diaryl/α,β-unsaturated/α-hetero) is 1. The fourth-order valence-corrected chi connectivity index (χ4v) is 6.13. The third-order valence-corrected chi connectivity index (χ3v) is 8.44. The summed E-state index contributed by atoms with van der Waals surface area (Å²) in [5.74, 6) is -0.0258. The lowest BCUT2D eigenvalue weighted by Gasteiger charge is -2.34. The number of nitrogens with one attached hydrogen (secondary N) is 1. The van der Waals surface area contributed by atoms with Gasteiger partial charge in [0, 0.05) is 61.8 Å². The number of aromatic amines is 1. The average Bonchev–Trinajstić information content (AvgIpc) is 3.17. The molecule has 0 atom stereocenters. The third kappa shape index (κ3) is 5.20. The molecule has 2 saturated heterocycles. The van der Waals surface area contributed by atoms with Gasteiger partial charge in [-0.1, -0.05) is 6.42 Å². The number of benzene rings is 1. The fraction of sp³-hybridized carbons (Fsp3) is 0.500. The van der Waals surface area contributed by atoms with Crippen LogP contribution in [0, 0.1) is 13.8 Å². The molecule has 1 aromatic heterocycles. The SMILES string of the molecule is Cc1cc(C(=O)CN2CCN(C(=O)c3ccc(S(=O)(=O)N4CCCCC4)cc3)CC2)c(C)[nH]1. The maximum atomic E-state index is 12.9. The van der Waals surface area contributed by atoms with E-state index in [1.807, 2.05) is 19.9 Å². The molecule has 2 aliphatic heterocycles. The number of hydrogen-bond acceptors (Lipinski definition) is 5. The number of aryl methyl sites for hydroxylation is 2. The van der Waals surface area contributed by atoms with Crippen molar-refractivity contribution < 1.29 is 18.0 Å². The van der Waals surface area contributed by atoms with Gasteiger partial charge in [-0.2, -0.15) is 4.31 Å². The van der Waals surface area contributed by atoms with Gasteiger partial charge in [0.15, 0.2) is 5.78 Å². The first-order valence-corrected chi connectivity index (χ1v) is 13.0. The molecule has 0 unspecified atom stereocenters. The predicted molar refractivity (Wildman–Crippen MR) is 126 cm³/mol. The van der Waals surface area contributed by atoms with Gasteiger partial charge in [-0.25, -0.2) is 8.42 Å². The van der Waals surface area contributed by atoms with Crippen LogP contribution in [0.1, 0.15) is 51.4 Å². The Kier molecular flexibility index (Phi) is 7.02. The minimum absolute atomic E-state index is 0.0853. The Morgan fingerprint density at radius 3 is 2.12 bits per heavy atom. The van der Waals surface area contributed by atoms with Gasteiger partial charge in [0.2, 0.25) is 10.0 Å². The summed E-state index contributed by atoms with van der Waals surface area (Å²) < 4.78 is 27.2. The van der Waals surface area contributed by atoms with Gasteiger partial charge in [-0.15, -0.1) is 0 Å². The van der Waals surface area contributed by atoms with Crippen molar-refractivity contribution in [1.82, 2.24) is 19.1 Å². The van der Waals surface area contributed by atoms with Crippen LogP contribution in [0.5, 0.6) is 0 Å². The number of sulfonamides is 1. The van der Waals surface area contributed by atoms with Crippen molar-refractivity contribution in [1.29, 1.82) is 0 Å². The van der Waals surface area contributed by atoms with E-state index >= 15 is 0 Å². The molecule has 33 heavy (non-hydrogen) atoms. The predicted octanol–water partition coefficient (Wildman–Crippen LogP) is 2.45. The number of amides is 1. The standard InChI is InChI=1S/C24H32N4O4S/c1-18-16-22(19(2)25-18)23(29)17-26-12-14-27(15-13-26)24(30)20-6-8-21(9-7-20)33(31,32)28-10-4-3-5-11-28/h6-9,16,25H,3-5,10-15,17H2,1-2H3. The molecule has 0 aliphatic carbocycles. The summed E-state index contributed by atoms with van der Waals surface area (Å²) in [4.78, 5) is 32.8. The minimum Gasteiger partial charge on any atom is -0.362 e. The molecule has 2 aliphatic rings. The van der Waals surface area contributed by atoms with Crippen molar-refractivity contribution in [2.24, 2.45) is 0 Å². The van der Waals surface area contributed by atoms with E-state index in [0.717, 1.165) is 36.2 Å². The maximum absolute atomic E-state index is 12.9. The van der Waals surface area contributed by atoms with Gasteiger partial charge < -0.3 is 9.88 Å². The average molecular weight is 473 g/mol. The number of carbonyl (C=O) groups excluding carboxylic acids is 2. The van der Waals surface area contributed by atoms with Crippen LogP contribution >= 0.6 is 0 Å². The molecule has 2 fully saturated rings.